The van der Waals surface area contributed by atoms with Gasteiger partial charge in [0.2, 0.25) is 5.91 Å². The van der Waals surface area contributed by atoms with Gasteiger partial charge in [0.25, 0.3) is 0 Å². The smallest absolute Gasteiger partial charge is 0.237 e. The maximum atomic E-state index is 11.8. The van der Waals surface area contributed by atoms with E-state index in [1.54, 1.807) is 0 Å². The fourth-order valence-corrected chi connectivity index (χ4v) is 1.78. The molecule has 20 heavy (non-hydrogen) atoms. The zero-order valence-corrected chi connectivity index (χ0v) is 11.6. The van der Waals surface area contributed by atoms with Crippen LogP contribution in [0.25, 0.3) is 0 Å². The number of nitrogens with zero attached hydrogens (tertiary/aromatic N) is 1. The molecule has 106 valence electrons. The van der Waals surface area contributed by atoms with E-state index in [9.17, 15) is 4.79 Å². The first kappa shape index (κ1) is 14.4. The lowest BCUT2D eigenvalue weighted by Gasteiger charge is -2.14. The van der Waals surface area contributed by atoms with Crippen molar-refractivity contribution >= 4 is 5.91 Å². The average Bonchev–Trinajstić information content (AvgIpc) is 3.26. The van der Waals surface area contributed by atoms with Gasteiger partial charge in [0.1, 0.15) is 11.8 Å². The Morgan fingerprint density at radius 2 is 2.35 bits per heavy atom. The van der Waals surface area contributed by atoms with Gasteiger partial charge in [-0.3, -0.25) is 4.79 Å². The summed E-state index contributed by atoms with van der Waals surface area (Å²) in [4.78, 5) is 11.8. The number of nitrogens with one attached hydrogen (secondary N) is 2. The number of carbonyl (C=O) groups is 1. The quantitative estimate of drug-likeness (QED) is 0.786. The van der Waals surface area contributed by atoms with Gasteiger partial charge in [-0.05, 0) is 37.5 Å². The highest BCUT2D eigenvalue weighted by atomic mass is 16.5. The lowest BCUT2D eigenvalue weighted by molar-refractivity contribution is -0.122. The molecule has 0 radical (unpaired) electrons. The van der Waals surface area contributed by atoms with Crippen LogP contribution in [0.4, 0.5) is 0 Å². The summed E-state index contributed by atoms with van der Waals surface area (Å²) < 4.78 is 5.24. The molecule has 0 aliphatic heterocycles. The maximum absolute atomic E-state index is 11.8. The molecule has 5 heteroatoms. The molecule has 5 nitrogen and oxygen atoms in total. The topological polar surface area (TPSA) is 74.1 Å². The molecular formula is C15H19N3O2. The molecule has 2 N–H and O–H groups in total. The molecule has 0 saturated heterocycles. The van der Waals surface area contributed by atoms with E-state index in [1.165, 1.54) is 0 Å². The van der Waals surface area contributed by atoms with Crippen LogP contribution in [0.5, 0.6) is 5.75 Å². The summed E-state index contributed by atoms with van der Waals surface area (Å²) >= 11 is 0. The number of ether oxygens (including phenoxy) is 1. The summed E-state index contributed by atoms with van der Waals surface area (Å²) in [6.45, 7) is 2.48. The van der Waals surface area contributed by atoms with E-state index in [0.29, 0.717) is 18.3 Å². The van der Waals surface area contributed by atoms with Gasteiger partial charge in [0, 0.05) is 12.6 Å². The van der Waals surface area contributed by atoms with Crippen molar-refractivity contribution in [1.82, 2.24) is 10.6 Å². The third-order valence-corrected chi connectivity index (χ3v) is 3.13. The second-order valence-electron chi connectivity index (χ2n) is 4.98. The maximum Gasteiger partial charge on any atom is 0.237 e. The number of rotatable bonds is 7. The summed E-state index contributed by atoms with van der Waals surface area (Å²) in [6.07, 6.45) is 2.19. The van der Waals surface area contributed by atoms with E-state index >= 15 is 0 Å². The SMILES string of the molecule is CC(NCc1cccc(OCC#N)c1)C(=O)NC1CC1. The second-order valence-corrected chi connectivity index (χ2v) is 4.98. The Morgan fingerprint density at radius 3 is 3.05 bits per heavy atom. The summed E-state index contributed by atoms with van der Waals surface area (Å²) in [5, 5.41) is 14.6. The van der Waals surface area contributed by atoms with Crippen molar-refractivity contribution in [2.75, 3.05) is 6.61 Å². The zero-order chi connectivity index (χ0) is 14.4. The Hall–Kier alpha value is -2.06. The number of amides is 1. The first-order valence-corrected chi connectivity index (χ1v) is 6.81. The van der Waals surface area contributed by atoms with Crippen molar-refractivity contribution in [2.45, 2.75) is 38.4 Å². The Bertz CT molecular complexity index is 506. The standard InChI is InChI=1S/C15H19N3O2/c1-11(15(19)18-13-5-6-13)17-10-12-3-2-4-14(9-12)20-8-7-16/h2-4,9,11,13,17H,5-6,8,10H2,1H3,(H,18,19). The zero-order valence-electron chi connectivity index (χ0n) is 11.6. The summed E-state index contributed by atoms with van der Waals surface area (Å²) in [7, 11) is 0. The van der Waals surface area contributed by atoms with Gasteiger partial charge in [-0.15, -0.1) is 0 Å². The van der Waals surface area contributed by atoms with E-state index in [1.807, 2.05) is 37.3 Å². The molecule has 0 heterocycles. The molecule has 1 unspecified atom stereocenters. The van der Waals surface area contributed by atoms with Crippen LogP contribution < -0.4 is 15.4 Å². The highest BCUT2D eigenvalue weighted by Crippen LogP contribution is 2.18. The van der Waals surface area contributed by atoms with Crippen molar-refractivity contribution in [3.05, 3.63) is 29.8 Å². The molecule has 1 aliphatic rings. The molecule has 0 bridgehead atoms. The predicted molar refractivity (Wildman–Crippen MR) is 75.0 cm³/mol. The first-order chi connectivity index (χ1) is 9.69. The molecule has 2 rings (SSSR count). The van der Waals surface area contributed by atoms with Crippen LogP contribution in [-0.4, -0.2) is 24.6 Å². The van der Waals surface area contributed by atoms with E-state index in [-0.39, 0.29) is 18.6 Å². The molecular weight excluding hydrogens is 254 g/mol. The first-order valence-electron chi connectivity index (χ1n) is 6.81. The Morgan fingerprint density at radius 1 is 1.55 bits per heavy atom. The Kier molecular flexibility index (Phi) is 4.97. The molecule has 1 amide bonds. The summed E-state index contributed by atoms with van der Waals surface area (Å²) in [5.74, 6) is 0.713. The second kappa shape index (κ2) is 6.92. The third kappa shape index (κ3) is 4.56. The largest absolute Gasteiger partial charge is 0.479 e. The fraction of sp³-hybridized carbons (Fsp3) is 0.467. The lowest BCUT2D eigenvalue weighted by Crippen LogP contribution is -2.42. The molecule has 1 aromatic rings. The van der Waals surface area contributed by atoms with Crippen LogP contribution in [-0.2, 0) is 11.3 Å². The highest BCUT2D eigenvalue weighted by molar-refractivity contribution is 5.81. The number of nitriles is 1. The van der Waals surface area contributed by atoms with Crippen LogP contribution in [0, 0.1) is 11.3 Å². The van der Waals surface area contributed by atoms with Gasteiger partial charge in [-0.2, -0.15) is 5.26 Å². The third-order valence-electron chi connectivity index (χ3n) is 3.13. The van der Waals surface area contributed by atoms with Crippen LogP contribution >= 0.6 is 0 Å². The van der Waals surface area contributed by atoms with Gasteiger partial charge in [-0.25, -0.2) is 0 Å². The van der Waals surface area contributed by atoms with Crippen molar-refractivity contribution in [3.63, 3.8) is 0 Å². The number of carbonyl (C=O) groups excluding carboxylic acids is 1. The number of hydrogen-bond donors (Lipinski definition) is 2. The fourth-order valence-electron chi connectivity index (χ4n) is 1.78. The Balaban J connectivity index is 1.80. The molecule has 0 spiro atoms. The highest BCUT2D eigenvalue weighted by Gasteiger charge is 2.25. The monoisotopic (exact) mass is 273 g/mol. The minimum atomic E-state index is -0.223. The minimum absolute atomic E-state index is 0.0388. The predicted octanol–water partition coefficient (Wildman–Crippen LogP) is 1.35. The molecule has 1 aromatic carbocycles. The number of benzene rings is 1. The minimum Gasteiger partial charge on any atom is -0.479 e. The van der Waals surface area contributed by atoms with Gasteiger partial charge in [-0.1, -0.05) is 12.1 Å². The van der Waals surface area contributed by atoms with Crippen molar-refractivity contribution in [2.24, 2.45) is 0 Å². The van der Waals surface area contributed by atoms with Gasteiger partial charge in [0.15, 0.2) is 6.61 Å². The van der Waals surface area contributed by atoms with Crippen LogP contribution in [0.1, 0.15) is 25.3 Å². The van der Waals surface area contributed by atoms with Crippen molar-refractivity contribution in [1.29, 1.82) is 5.26 Å². The lowest BCUT2D eigenvalue weighted by atomic mass is 10.2. The Labute approximate surface area is 118 Å². The van der Waals surface area contributed by atoms with E-state index in [2.05, 4.69) is 10.6 Å². The van der Waals surface area contributed by atoms with Crippen molar-refractivity contribution in [3.8, 4) is 11.8 Å². The van der Waals surface area contributed by atoms with E-state index in [4.69, 9.17) is 10.00 Å². The molecule has 1 fully saturated rings. The van der Waals surface area contributed by atoms with Crippen molar-refractivity contribution < 1.29 is 9.53 Å². The summed E-state index contributed by atoms with van der Waals surface area (Å²) in [5.41, 5.74) is 1.02. The van der Waals surface area contributed by atoms with Crippen LogP contribution in [0.2, 0.25) is 0 Å². The van der Waals surface area contributed by atoms with Crippen LogP contribution in [0.3, 0.4) is 0 Å². The molecule has 0 aromatic heterocycles. The van der Waals surface area contributed by atoms with Crippen LogP contribution in [0.15, 0.2) is 24.3 Å². The van der Waals surface area contributed by atoms with E-state index in [0.717, 1.165) is 18.4 Å². The van der Waals surface area contributed by atoms with Gasteiger partial charge >= 0.3 is 0 Å². The molecule has 1 saturated carbocycles. The van der Waals surface area contributed by atoms with Gasteiger partial charge in [0.05, 0.1) is 6.04 Å². The molecule has 1 aliphatic carbocycles. The summed E-state index contributed by atoms with van der Waals surface area (Å²) in [6, 6.07) is 9.61. The molecule has 1 atom stereocenters. The normalized spacial score (nSPS) is 15.2. The van der Waals surface area contributed by atoms with E-state index < -0.39 is 0 Å². The average molecular weight is 273 g/mol. The van der Waals surface area contributed by atoms with Gasteiger partial charge < -0.3 is 15.4 Å². The number of hydrogen-bond acceptors (Lipinski definition) is 4.